The Morgan fingerprint density at radius 1 is 0.931 bits per heavy atom. The average molecular weight is 405 g/mol. The van der Waals surface area contributed by atoms with Crippen molar-refractivity contribution in [2.75, 3.05) is 53.7 Å². The van der Waals surface area contributed by atoms with Crippen LogP contribution in [0.1, 0.15) is 25.8 Å². The van der Waals surface area contributed by atoms with Gasteiger partial charge in [0.2, 0.25) is 0 Å². The minimum Gasteiger partial charge on any atom is -0.383 e. The molecule has 29 heavy (non-hydrogen) atoms. The maximum absolute atomic E-state index is 13.3. The maximum Gasteiger partial charge on any atom is 0.277 e. The first kappa shape index (κ1) is 23.1. The van der Waals surface area contributed by atoms with E-state index < -0.39 is 0 Å². The summed E-state index contributed by atoms with van der Waals surface area (Å²) < 4.78 is 16.0. The van der Waals surface area contributed by atoms with Crippen LogP contribution in [0.2, 0.25) is 0 Å². The Kier molecular flexibility index (Phi) is 9.31. The van der Waals surface area contributed by atoms with Gasteiger partial charge in [0.1, 0.15) is 5.70 Å². The second-order valence-corrected chi connectivity index (χ2v) is 7.10. The van der Waals surface area contributed by atoms with E-state index in [1.165, 1.54) is 4.90 Å². The highest BCUT2D eigenvalue weighted by atomic mass is 16.5. The molecule has 0 bridgehead atoms. The number of imide groups is 1. The molecule has 0 unspecified atom stereocenters. The van der Waals surface area contributed by atoms with Crippen LogP contribution in [0.25, 0.3) is 5.57 Å². The standard InChI is InChI=1S/C22H32N2O5/c1-17(2)29-14-8-11-24-21(25)19(18-9-6-5-7-10-18)20(22(24)26)23(12-15-27-3)13-16-28-4/h5-7,9-10,17H,8,11-16H2,1-4H3. The van der Waals surface area contributed by atoms with Crippen molar-refractivity contribution in [3.8, 4) is 0 Å². The average Bonchev–Trinajstić information content (AvgIpc) is 2.96. The quantitative estimate of drug-likeness (QED) is 0.371. The molecule has 2 rings (SSSR count). The molecule has 1 aromatic carbocycles. The van der Waals surface area contributed by atoms with Crippen molar-refractivity contribution >= 4 is 17.4 Å². The summed E-state index contributed by atoms with van der Waals surface area (Å²) in [5, 5.41) is 0. The van der Waals surface area contributed by atoms with Crippen LogP contribution in [-0.2, 0) is 23.8 Å². The zero-order chi connectivity index (χ0) is 21.2. The van der Waals surface area contributed by atoms with Crippen LogP contribution in [0.5, 0.6) is 0 Å². The molecule has 0 aromatic heterocycles. The van der Waals surface area contributed by atoms with Gasteiger partial charge < -0.3 is 19.1 Å². The highest BCUT2D eigenvalue weighted by molar-refractivity contribution is 6.35. The van der Waals surface area contributed by atoms with E-state index in [4.69, 9.17) is 14.2 Å². The van der Waals surface area contributed by atoms with E-state index >= 15 is 0 Å². The van der Waals surface area contributed by atoms with Crippen molar-refractivity contribution in [2.24, 2.45) is 0 Å². The summed E-state index contributed by atoms with van der Waals surface area (Å²) in [7, 11) is 3.23. The lowest BCUT2D eigenvalue weighted by molar-refractivity contribution is -0.137. The molecule has 7 nitrogen and oxygen atoms in total. The van der Waals surface area contributed by atoms with Gasteiger partial charge in [0.05, 0.1) is 24.9 Å². The van der Waals surface area contributed by atoms with Gasteiger partial charge in [0.25, 0.3) is 11.8 Å². The molecule has 0 fully saturated rings. The molecular formula is C22H32N2O5. The van der Waals surface area contributed by atoms with Gasteiger partial charge >= 0.3 is 0 Å². The maximum atomic E-state index is 13.3. The van der Waals surface area contributed by atoms with Gasteiger partial charge in [-0.3, -0.25) is 14.5 Å². The van der Waals surface area contributed by atoms with Crippen molar-refractivity contribution in [3.63, 3.8) is 0 Å². The monoisotopic (exact) mass is 404 g/mol. The van der Waals surface area contributed by atoms with Gasteiger partial charge in [-0.05, 0) is 25.8 Å². The predicted octanol–water partition coefficient (Wildman–Crippen LogP) is 2.18. The zero-order valence-electron chi connectivity index (χ0n) is 17.8. The fourth-order valence-corrected chi connectivity index (χ4v) is 3.20. The van der Waals surface area contributed by atoms with Gasteiger partial charge in [0.15, 0.2) is 0 Å². The highest BCUT2D eigenvalue weighted by Crippen LogP contribution is 2.31. The summed E-state index contributed by atoms with van der Waals surface area (Å²) in [5.74, 6) is -0.536. The topological polar surface area (TPSA) is 68.3 Å². The number of carbonyl (C=O) groups is 2. The van der Waals surface area contributed by atoms with Crippen LogP contribution in [0, 0.1) is 0 Å². The van der Waals surface area contributed by atoms with Gasteiger partial charge in [0, 0.05) is 40.5 Å². The molecule has 0 spiro atoms. The number of carbonyl (C=O) groups excluding carboxylic acids is 2. The molecule has 0 N–H and O–H groups in total. The number of nitrogens with zero attached hydrogens (tertiary/aromatic N) is 2. The third-order valence-corrected chi connectivity index (χ3v) is 4.63. The first-order valence-electron chi connectivity index (χ1n) is 10.0. The van der Waals surface area contributed by atoms with E-state index in [2.05, 4.69) is 0 Å². The molecule has 0 saturated carbocycles. The first-order chi connectivity index (χ1) is 14.0. The molecule has 1 aliphatic heterocycles. The van der Waals surface area contributed by atoms with Crippen LogP contribution in [0.3, 0.4) is 0 Å². The summed E-state index contributed by atoms with van der Waals surface area (Å²) in [6.07, 6.45) is 0.716. The normalized spacial score (nSPS) is 14.4. The van der Waals surface area contributed by atoms with Crippen molar-refractivity contribution in [3.05, 3.63) is 41.6 Å². The number of ether oxygens (including phenoxy) is 3. The smallest absolute Gasteiger partial charge is 0.277 e. The minimum atomic E-state index is -0.273. The van der Waals surface area contributed by atoms with Crippen LogP contribution >= 0.6 is 0 Å². The zero-order valence-corrected chi connectivity index (χ0v) is 17.8. The van der Waals surface area contributed by atoms with Crippen LogP contribution < -0.4 is 0 Å². The van der Waals surface area contributed by atoms with E-state index in [0.29, 0.717) is 57.1 Å². The lowest BCUT2D eigenvalue weighted by Crippen LogP contribution is -2.38. The molecule has 0 atom stereocenters. The van der Waals surface area contributed by atoms with E-state index in [1.807, 2.05) is 49.1 Å². The summed E-state index contributed by atoms with van der Waals surface area (Å²) in [5.41, 5.74) is 1.59. The van der Waals surface area contributed by atoms with Crippen molar-refractivity contribution < 1.29 is 23.8 Å². The number of amides is 2. The van der Waals surface area contributed by atoms with E-state index in [0.717, 1.165) is 5.56 Å². The Balaban J connectivity index is 2.32. The Morgan fingerprint density at radius 2 is 1.55 bits per heavy atom. The van der Waals surface area contributed by atoms with Crippen LogP contribution in [0.4, 0.5) is 0 Å². The van der Waals surface area contributed by atoms with Crippen molar-refractivity contribution in [1.29, 1.82) is 0 Å². The largest absolute Gasteiger partial charge is 0.383 e. The fourth-order valence-electron chi connectivity index (χ4n) is 3.20. The van der Waals surface area contributed by atoms with E-state index in [1.54, 1.807) is 14.2 Å². The lowest BCUT2D eigenvalue weighted by Gasteiger charge is -2.25. The summed E-state index contributed by atoms with van der Waals surface area (Å²) in [6.45, 7) is 6.63. The van der Waals surface area contributed by atoms with E-state index in [9.17, 15) is 9.59 Å². The molecular weight excluding hydrogens is 372 g/mol. The molecule has 7 heteroatoms. The molecule has 0 radical (unpaired) electrons. The molecule has 0 saturated heterocycles. The van der Waals surface area contributed by atoms with Crippen LogP contribution in [0.15, 0.2) is 36.0 Å². The Hall–Kier alpha value is -2.22. The molecule has 1 aliphatic rings. The molecule has 160 valence electrons. The summed E-state index contributed by atoms with van der Waals surface area (Å²) >= 11 is 0. The van der Waals surface area contributed by atoms with Crippen LogP contribution in [-0.4, -0.2) is 81.4 Å². The second kappa shape index (κ2) is 11.7. The van der Waals surface area contributed by atoms with Crippen molar-refractivity contribution in [2.45, 2.75) is 26.4 Å². The molecule has 1 heterocycles. The van der Waals surface area contributed by atoms with Gasteiger partial charge in [-0.1, -0.05) is 30.3 Å². The Morgan fingerprint density at radius 3 is 2.10 bits per heavy atom. The Bertz CT molecular complexity index is 694. The fraction of sp³-hybridized carbons (Fsp3) is 0.545. The van der Waals surface area contributed by atoms with E-state index in [-0.39, 0.29) is 17.9 Å². The molecule has 2 amide bonds. The van der Waals surface area contributed by atoms with Crippen molar-refractivity contribution in [1.82, 2.24) is 9.80 Å². The number of hydrogen-bond acceptors (Lipinski definition) is 6. The number of methoxy groups -OCH3 is 2. The molecule has 1 aromatic rings. The lowest BCUT2D eigenvalue weighted by atomic mass is 10.0. The third-order valence-electron chi connectivity index (χ3n) is 4.63. The number of benzene rings is 1. The SMILES string of the molecule is COCCN(CCOC)C1=C(c2ccccc2)C(=O)N(CCCOC(C)C)C1=O. The number of rotatable bonds is 13. The summed E-state index contributed by atoms with van der Waals surface area (Å²) in [6, 6.07) is 9.34. The van der Waals surface area contributed by atoms with Gasteiger partial charge in [-0.2, -0.15) is 0 Å². The first-order valence-corrected chi connectivity index (χ1v) is 10.0. The summed E-state index contributed by atoms with van der Waals surface area (Å²) in [4.78, 5) is 29.7. The minimum absolute atomic E-state index is 0.118. The highest BCUT2D eigenvalue weighted by Gasteiger charge is 2.41. The van der Waals surface area contributed by atoms with Gasteiger partial charge in [-0.25, -0.2) is 0 Å². The number of hydrogen-bond donors (Lipinski definition) is 0. The predicted molar refractivity (Wildman–Crippen MR) is 111 cm³/mol. The van der Waals surface area contributed by atoms with Gasteiger partial charge in [-0.15, -0.1) is 0 Å². The second-order valence-electron chi connectivity index (χ2n) is 7.10. The third kappa shape index (κ3) is 6.13. The Labute approximate surface area is 173 Å². The molecule has 0 aliphatic carbocycles.